The topological polar surface area (TPSA) is 23.5 Å². The third kappa shape index (κ3) is 2.60. The molecule has 1 aromatic rings. The van der Waals surface area contributed by atoms with Gasteiger partial charge in [-0.1, -0.05) is 29.3 Å². The first-order chi connectivity index (χ1) is 8.41. The van der Waals surface area contributed by atoms with Crippen molar-refractivity contribution < 1.29 is 5.11 Å². The highest BCUT2D eigenvalue weighted by Gasteiger charge is 2.36. The Morgan fingerprint density at radius 3 is 2.06 bits per heavy atom. The average molecular weight is 247 g/mol. The SMILES string of the molecule is Cc1cc(C)cc(C(O)C(C)(C)N2CCCC2)c1. The molecule has 0 radical (unpaired) electrons. The van der Waals surface area contributed by atoms with Gasteiger partial charge in [0.1, 0.15) is 0 Å². The Kier molecular flexibility index (Phi) is 3.79. The molecule has 1 unspecified atom stereocenters. The molecule has 1 heterocycles. The summed E-state index contributed by atoms with van der Waals surface area (Å²) >= 11 is 0. The first-order valence-electron chi connectivity index (χ1n) is 6.92. The smallest absolute Gasteiger partial charge is 0.0968 e. The lowest BCUT2D eigenvalue weighted by molar-refractivity contribution is 0.00127. The van der Waals surface area contributed by atoms with E-state index in [1.165, 1.54) is 24.0 Å². The molecule has 0 aliphatic carbocycles. The summed E-state index contributed by atoms with van der Waals surface area (Å²) in [5.41, 5.74) is 3.31. The maximum Gasteiger partial charge on any atom is 0.0968 e. The van der Waals surface area contributed by atoms with E-state index in [4.69, 9.17) is 0 Å². The molecule has 1 aromatic carbocycles. The van der Waals surface area contributed by atoms with Crippen molar-refractivity contribution in [2.24, 2.45) is 0 Å². The molecule has 0 spiro atoms. The van der Waals surface area contributed by atoms with E-state index in [9.17, 15) is 5.11 Å². The Labute approximate surface area is 111 Å². The molecular weight excluding hydrogens is 222 g/mol. The van der Waals surface area contributed by atoms with Gasteiger partial charge in [0.25, 0.3) is 0 Å². The Hall–Kier alpha value is -0.860. The van der Waals surface area contributed by atoms with Crippen LogP contribution in [0, 0.1) is 13.8 Å². The van der Waals surface area contributed by atoms with Crippen molar-refractivity contribution in [1.29, 1.82) is 0 Å². The van der Waals surface area contributed by atoms with E-state index in [2.05, 4.69) is 50.8 Å². The van der Waals surface area contributed by atoms with Gasteiger partial charge in [-0.05, 0) is 59.2 Å². The van der Waals surface area contributed by atoms with Crippen LogP contribution in [0.15, 0.2) is 18.2 Å². The van der Waals surface area contributed by atoms with Crippen molar-refractivity contribution in [1.82, 2.24) is 4.90 Å². The highest BCUT2D eigenvalue weighted by Crippen LogP contribution is 2.34. The number of likely N-dealkylation sites (tertiary alicyclic amines) is 1. The second kappa shape index (κ2) is 5.02. The van der Waals surface area contributed by atoms with Gasteiger partial charge >= 0.3 is 0 Å². The minimum atomic E-state index is -0.422. The Balaban J connectivity index is 2.25. The second-order valence-corrected chi connectivity index (χ2v) is 6.17. The summed E-state index contributed by atoms with van der Waals surface area (Å²) < 4.78 is 0. The molecule has 2 heteroatoms. The third-order valence-corrected chi connectivity index (χ3v) is 4.15. The van der Waals surface area contributed by atoms with Gasteiger partial charge in [0, 0.05) is 5.54 Å². The summed E-state index contributed by atoms with van der Waals surface area (Å²) in [5.74, 6) is 0. The number of hydrogen-bond donors (Lipinski definition) is 1. The molecule has 1 saturated heterocycles. The largest absolute Gasteiger partial charge is 0.386 e. The molecule has 0 amide bonds. The van der Waals surface area contributed by atoms with E-state index in [0.29, 0.717) is 0 Å². The lowest BCUT2D eigenvalue weighted by Gasteiger charge is -2.39. The van der Waals surface area contributed by atoms with E-state index >= 15 is 0 Å². The number of aliphatic hydroxyl groups excluding tert-OH is 1. The molecule has 18 heavy (non-hydrogen) atoms. The fourth-order valence-electron chi connectivity index (χ4n) is 3.04. The predicted molar refractivity (Wildman–Crippen MR) is 75.8 cm³/mol. The normalized spacial score (nSPS) is 19.2. The van der Waals surface area contributed by atoms with E-state index in [1.54, 1.807) is 0 Å². The van der Waals surface area contributed by atoms with Crippen LogP contribution < -0.4 is 0 Å². The van der Waals surface area contributed by atoms with Gasteiger partial charge in [0.15, 0.2) is 0 Å². The highest BCUT2D eigenvalue weighted by molar-refractivity contribution is 5.31. The fraction of sp³-hybridized carbons (Fsp3) is 0.625. The molecule has 1 N–H and O–H groups in total. The van der Waals surface area contributed by atoms with Crippen LogP contribution >= 0.6 is 0 Å². The zero-order valence-corrected chi connectivity index (χ0v) is 12.0. The zero-order chi connectivity index (χ0) is 13.3. The van der Waals surface area contributed by atoms with Crippen molar-refractivity contribution in [2.75, 3.05) is 13.1 Å². The van der Waals surface area contributed by atoms with Gasteiger partial charge in [-0.3, -0.25) is 4.90 Å². The summed E-state index contributed by atoms with van der Waals surface area (Å²) in [6.07, 6.45) is 2.08. The maximum absolute atomic E-state index is 10.7. The maximum atomic E-state index is 10.7. The lowest BCUT2D eigenvalue weighted by Crippen LogP contribution is -2.46. The van der Waals surface area contributed by atoms with Crippen molar-refractivity contribution >= 4 is 0 Å². The van der Waals surface area contributed by atoms with Gasteiger partial charge in [0.2, 0.25) is 0 Å². The van der Waals surface area contributed by atoms with Crippen LogP contribution in [0.4, 0.5) is 0 Å². The fourth-order valence-corrected chi connectivity index (χ4v) is 3.04. The minimum Gasteiger partial charge on any atom is -0.386 e. The second-order valence-electron chi connectivity index (χ2n) is 6.17. The van der Waals surface area contributed by atoms with E-state index in [1.807, 2.05) is 0 Å². The highest BCUT2D eigenvalue weighted by atomic mass is 16.3. The standard InChI is InChI=1S/C16H25NO/c1-12-9-13(2)11-14(10-12)15(18)16(3,4)17-7-5-6-8-17/h9-11,15,18H,5-8H2,1-4H3. The van der Waals surface area contributed by atoms with Crippen molar-refractivity contribution in [2.45, 2.75) is 52.2 Å². The van der Waals surface area contributed by atoms with Gasteiger partial charge in [-0.2, -0.15) is 0 Å². The Bertz CT molecular complexity index is 399. The van der Waals surface area contributed by atoms with Crippen LogP contribution in [0.1, 0.15) is 49.5 Å². The van der Waals surface area contributed by atoms with Crippen LogP contribution in [0.25, 0.3) is 0 Å². The summed E-state index contributed by atoms with van der Waals surface area (Å²) in [6.45, 7) is 10.7. The van der Waals surface area contributed by atoms with Crippen LogP contribution in [0.5, 0.6) is 0 Å². The molecule has 2 rings (SSSR count). The minimum absolute atomic E-state index is 0.184. The molecule has 1 aliphatic rings. The molecule has 0 aromatic heterocycles. The quantitative estimate of drug-likeness (QED) is 0.886. The molecule has 1 fully saturated rings. The average Bonchev–Trinajstić information content (AvgIpc) is 2.80. The number of aliphatic hydroxyl groups is 1. The number of aryl methyl sites for hydroxylation is 2. The van der Waals surface area contributed by atoms with E-state index in [0.717, 1.165) is 18.7 Å². The zero-order valence-electron chi connectivity index (χ0n) is 12.0. The summed E-state index contributed by atoms with van der Waals surface area (Å²) in [7, 11) is 0. The van der Waals surface area contributed by atoms with E-state index in [-0.39, 0.29) is 5.54 Å². The first-order valence-corrected chi connectivity index (χ1v) is 6.92. The van der Waals surface area contributed by atoms with Crippen molar-refractivity contribution in [3.8, 4) is 0 Å². The molecule has 2 nitrogen and oxygen atoms in total. The summed E-state index contributed by atoms with van der Waals surface area (Å²) in [4.78, 5) is 2.41. The molecule has 1 aliphatic heterocycles. The van der Waals surface area contributed by atoms with Crippen LogP contribution in [-0.2, 0) is 0 Å². The number of rotatable bonds is 3. The molecule has 100 valence electrons. The molecular formula is C16H25NO. The Morgan fingerprint density at radius 2 is 1.56 bits per heavy atom. The summed E-state index contributed by atoms with van der Waals surface area (Å²) in [6, 6.07) is 6.37. The van der Waals surface area contributed by atoms with Crippen molar-refractivity contribution in [3.05, 3.63) is 34.9 Å². The first kappa shape index (κ1) is 13.6. The van der Waals surface area contributed by atoms with Gasteiger partial charge in [0.05, 0.1) is 6.10 Å². The van der Waals surface area contributed by atoms with Gasteiger partial charge in [-0.25, -0.2) is 0 Å². The monoisotopic (exact) mass is 247 g/mol. The number of benzene rings is 1. The van der Waals surface area contributed by atoms with Crippen LogP contribution in [-0.4, -0.2) is 28.6 Å². The lowest BCUT2D eigenvalue weighted by atomic mass is 9.88. The molecule has 1 atom stereocenters. The van der Waals surface area contributed by atoms with Crippen LogP contribution in [0.2, 0.25) is 0 Å². The molecule has 0 saturated carbocycles. The summed E-state index contributed by atoms with van der Waals surface area (Å²) in [5, 5.41) is 10.7. The van der Waals surface area contributed by atoms with Gasteiger partial charge in [-0.15, -0.1) is 0 Å². The van der Waals surface area contributed by atoms with Gasteiger partial charge < -0.3 is 5.11 Å². The van der Waals surface area contributed by atoms with Crippen molar-refractivity contribution in [3.63, 3.8) is 0 Å². The Morgan fingerprint density at radius 1 is 1.06 bits per heavy atom. The van der Waals surface area contributed by atoms with Crippen LogP contribution in [0.3, 0.4) is 0 Å². The predicted octanol–water partition coefficient (Wildman–Crippen LogP) is 3.21. The van der Waals surface area contributed by atoms with E-state index < -0.39 is 6.10 Å². The molecule has 0 bridgehead atoms. The third-order valence-electron chi connectivity index (χ3n) is 4.15. The number of hydrogen-bond acceptors (Lipinski definition) is 2. The number of nitrogens with zero attached hydrogens (tertiary/aromatic N) is 1.